The average Bonchev–Trinajstić information content (AvgIpc) is 2.82. The average molecular weight is 344 g/mol. The predicted octanol–water partition coefficient (Wildman–Crippen LogP) is 1.95. The summed E-state index contributed by atoms with van der Waals surface area (Å²) >= 11 is 5.94. The van der Waals surface area contributed by atoms with Gasteiger partial charge in [0.25, 0.3) is 9.05 Å². The highest BCUT2D eigenvalue weighted by molar-refractivity contribution is 8.13. The Kier molecular flexibility index (Phi) is 3.23. The summed E-state index contributed by atoms with van der Waals surface area (Å²) in [6.45, 7) is 0. The molecule has 1 aromatic carbocycles. The van der Waals surface area contributed by atoms with Crippen molar-refractivity contribution in [2.75, 3.05) is 5.73 Å². The summed E-state index contributed by atoms with van der Waals surface area (Å²) in [7, 11) is 1.50. The van der Waals surface area contributed by atoms with Crippen LogP contribution in [-0.4, -0.2) is 28.0 Å². The molecule has 0 spiro atoms. The lowest BCUT2D eigenvalue weighted by molar-refractivity contribution is 0.610. The molecule has 0 aliphatic rings. The highest BCUT2D eigenvalue weighted by Crippen LogP contribution is 2.32. The summed E-state index contributed by atoms with van der Waals surface area (Å²) in [5, 5.41) is 4.37. The highest BCUT2D eigenvalue weighted by Gasteiger charge is 2.20. The third-order valence-electron chi connectivity index (χ3n) is 2.81. The molecule has 2 N–H and O–H groups in total. The van der Waals surface area contributed by atoms with Crippen molar-refractivity contribution in [3.63, 3.8) is 0 Å². The molecule has 7 nitrogen and oxygen atoms in total. The molecular weight excluding hydrogens is 337 g/mol. The van der Waals surface area contributed by atoms with E-state index >= 15 is 0 Å². The van der Waals surface area contributed by atoms with E-state index in [1.165, 1.54) is 35.2 Å². The van der Waals surface area contributed by atoms with Gasteiger partial charge < -0.3 is 5.73 Å². The molecule has 10 heteroatoms. The molecule has 2 heterocycles. The second kappa shape index (κ2) is 4.83. The monoisotopic (exact) mass is 343 g/mol. The van der Waals surface area contributed by atoms with E-state index in [2.05, 4.69) is 15.1 Å². The van der Waals surface area contributed by atoms with E-state index in [0.717, 1.165) is 0 Å². The Morgan fingerprint density at radius 2 is 2.00 bits per heavy atom. The van der Waals surface area contributed by atoms with Gasteiger partial charge in [-0.15, -0.1) is 0 Å². The topological polar surface area (TPSA) is 103 Å². The fourth-order valence-corrected chi connectivity index (χ4v) is 3.17. The normalized spacial score (nSPS) is 11.9. The fraction of sp³-hybridized carbons (Fsp3) is 0. The SMILES string of the molecule is Nc1ncnn2c(-c3cc(Cl)ccc3S(=O)(=O)Cl)cnc12. The number of nitrogen functional groups attached to an aromatic ring is 1. The van der Waals surface area contributed by atoms with Crippen LogP contribution in [0.15, 0.2) is 35.6 Å². The van der Waals surface area contributed by atoms with Crippen molar-refractivity contribution in [3.8, 4) is 11.3 Å². The van der Waals surface area contributed by atoms with Gasteiger partial charge >= 0.3 is 0 Å². The number of hydrogen-bond acceptors (Lipinski definition) is 6. The second-order valence-corrected chi connectivity index (χ2v) is 7.07. The molecule has 0 saturated carbocycles. The standard InChI is InChI=1S/C11H7Cl2N5O2S/c12-6-1-2-9(21(13,19)20)7(3-6)8-4-15-11-10(14)16-5-17-18(8)11/h1-5H,(H2,14,16,17). The third kappa shape index (κ3) is 2.41. The Balaban J connectivity index is 2.38. The summed E-state index contributed by atoms with van der Waals surface area (Å²) in [6.07, 6.45) is 2.67. The highest BCUT2D eigenvalue weighted by atomic mass is 35.7. The lowest BCUT2D eigenvalue weighted by atomic mass is 10.2. The largest absolute Gasteiger partial charge is 0.381 e. The molecule has 21 heavy (non-hydrogen) atoms. The number of nitrogens with two attached hydrogens (primary N) is 1. The molecule has 0 aliphatic carbocycles. The zero-order valence-electron chi connectivity index (χ0n) is 10.2. The van der Waals surface area contributed by atoms with Crippen LogP contribution < -0.4 is 5.73 Å². The van der Waals surface area contributed by atoms with Crippen molar-refractivity contribution >= 4 is 42.8 Å². The zero-order chi connectivity index (χ0) is 15.2. The van der Waals surface area contributed by atoms with Gasteiger partial charge in [-0.3, -0.25) is 0 Å². The van der Waals surface area contributed by atoms with Gasteiger partial charge in [-0.25, -0.2) is 22.9 Å². The van der Waals surface area contributed by atoms with Crippen molar-refractivity contribution in [1.29, 1.82) is 0 Å². The van der Waals surface area contributed by atoms with Gasteiger partial charge in [0.05, 0.1) is 16.8 Å². The number of benzene rings is 1. The van der Waals surface area contributed by atoms with Gasteiger partial charge in [-0.2, -0.15) is 5.10 Å². The Labute approximate surface area is 128 Å². The van der Waals surface area contributed by atoms with Crippen LogP contribution in [0.5, 0.6) is 0 Å². The van der Waals surface area contributed by atoms with Gasteiger partial charge in [0.2, 0.25) is 0 Å². The van der Waals surface area contributed by atoms with E-state index < -0.39 is 9.05 Å². The molecule has 0 unspecified atom stereocenters. The van der Waals surface area contributed by atoms with E-state index in [9.17, 15) is 8.42 Å². The predicted molar refractivity (Wildman–Crippen MR) is 78.7 cm³/mol. The second-order valence-electron chi connectivity index (χ2n) is 4.10. The number of rotatable bonds is 2. The van der Waals surface area contributed by atoms with Gasteiger partial charge in [0.15, 0.2) is 11.5 Å². The first-order valence-corrected chi connectivity index (χ1v) is 8.25. The maximum Gasteiger partial charge on any atom is 0.261 e. The van der Waals surface area contributed by atoms with Gasteiger partial charge in [0, 0.05) is 21.3 Å². The molecule has 2 aromatic heterocycles. The van der Waals surface area contributed by atoms with Crippen molar-refractivity contribution in [2.24, 2.45) is 0 Å². The van der Waals surface area contributed by atoms with Crippen molar-refractivity contribution in [2.45, 2.75) is 4.90 Å². The van der Waals surface area contributed by atoms with E-state index in [-0.39, 0.29) is 16.3 Å². The summed E-state index contributed by atoms with van der Waals surface area (Å²) in [4.78, 5) is 7.81. The quantitative estimate of drug-likeness (QED) is 0.713. The number of anilines is 1. The molecule has 0 aliphatic heterocycles. The van der Waals surface area contributed by atoms with Crippen LogP contribution in [0.3, 0.4) is 0 Å². The van der Waals surface area contributed by atoms with Crippen molar-refractivity contribution in [1.82, 2.24) is 19.6 Å². The fourth-order valence-electron chi connectivity index (χ4n) is 1.93. The first-order valence-electron chi connectivity index (χ1n) is 5.57. The summed E-state index contributed by atoms with van der Waals surface area (Å²) < 4.78 is 24.8. The van der Waals surface area contributed by atoms with E-state index in [1.54, 1.807) is 0 Å². The minimum Gasteiger partial charge on any atom is -0.381 e. The Hall–Kier alpha value is -1.90. The van der Waals surface area contributed by atoms with Crippen molar-refractivity contribution in [3.05, 3.63) is 35.7 Å². The molecule has 0 atom stereocenters. The maximum atomic E-state index is 11.7. The number of nitrogens with zero attached hydrogens (tertiary/aromatic N) is 4. The van der Waals surface area contributed by atoms with Gasteiger partial charge in [-0.05, 0) is 18.2 Å². The summed E-state index contributed by atoms with van der Waals surface area (Å²) in [5.41, 5.74) is 6.68. The Morgan fingerprint density at radius 1 is 1.24 bits per heavy atom. The van der Waals surface area contributed by atoms with Crippen LogP contribution in [-0.2, 0) is 9.05 Å². The van der Waals surface area contributed by atoms with Gasteiger partial charge in [0.1, 0.15) is 6.33 Å². The van der Waals surface area contributed by atoms with Crippen LogP contribution in [0, 0.1) is 0 Å². The molecule has 0 amide bonds. The Morgan fingerprint density at radius 3 is 2.71 bits per heavy atom. The van der Waals surface area contributed by atoms with Crippen LogP contribution in [0.4, 0.5) is 5.82 Å². The third-order valence-corrected chi connectivity index (χ3v) is 4.43. The van der Waals surface area contributed by atoms with Gasteiger partial charge in [-0.1, -0.05) is 11.6 Å². The summed E-state index contributed by atoms with van der Waals surface area (Å²) in [5.74, 6) is 0.175. The van der Waals surface area contributed by atoms with Crippen LogP contribution in [0.25, 0.3) is 16.9 Å². The molecular formula is C11H7Cl2N5O2S. The van der Waals surface area contributed by atoms with Crippen LogP contribution >= 0.6 is 22.3 Å². The number of aromatic nitrogens is 4. The summed E-state index contributed by atoms with van der Waals surface area (Å²) in [6, 6.07) is 4.23. The molecule has 0 radical (unpaired) electrons. The minimum atomic E-state index is -3.96. The molecule has 3 aromatic rings. The van der Waals surface area contributed by atoms with E-state index in [0.29, 0.717) is 16.4 Å². The number of halogens is 2. The lowest BCUT2D eigenvalue weighted by Crippen LogP contribution is -2.02. The molecule has 0 bridgehead atoms. The zero-order valence-corrected chi connectivity index (χ0v) is 12.6. The lowest BCUT2D eigenvalue weighted by Gasteiger charge is -2.07. The van der Waals surface area contributed by atoms with Crippen molar-refractivity contribution < 1.29 is 8.42 Å². The van der Waals surface area contributed by atoms with Crippen LogP contribution in [0.2, 0.25) is 5.02 Å². The van der Waals surface area contributed by atoms with E-state index in [4.69, 9.17) is 28.0 Å². The molecule has 0 saturated heterocycles. The van der Waals surface area contributed by atoms with Crippen LogP contribution in [0.1, 0.15) is 0 Å². The smallest absolute Gasteiger partial charge is 0.261 e. The number of hydrogen-bond donors (Lipinski definition) is 1. The first-order chi connectivity index (χ1) is 9.88. The molecule has 0 fully saturated rings. The molecule has 3 rings (SSSR count). The van der Waals surface area contributed by atoms with E-state index in [1.807, 2.05) is 0 Å². The first kappa shape index (κ1) is 14.1. The molecule has 108 valence electrons. The Bertz CT molecular complexity index is 954. The number of fused-ring (bicyclic) bond motifs is 1. The number of imidazole rings is 1. The minimum absolute atomic E-state index is 0.0902. The maximum absolute atomic E-state index is 11.7.